The van der Waals surface area contributed by atoms with E-state index in [-0.39, 0.29) is 5.82 Å². The summed E-state index contributed by atoms with van der Waals surface area (Å²) in [5.74, 6) is 0.343. The summed E-state index contributed by atoms with van der Waals surface area (Å²) >= 11 is 11.2. The molecule has 0 radical (unpaired) electrons. The van der Waals surface area contributed by atoms with E-state index < -0.39 is 0 Å². The third-order valence-corrected chi connectivity index (χ3v) is 3.64. The van der Waals surface area contributed by atoms with Gasteiger partial charge in [0.25, 0.3) is 0 Å². The van der Waals surface area contributed by atoms with Gasteiger partial charge in [0.15, 0.2) is 10.9 Å². The number of nitrogens with zero attached hydrogens (tertiary/aromatic N) is 2. The molecule has 0 unspecified atom stereocenters. The van der Waals surface area contributed by atoms with Gasteiger partial charge in [-0.05, 0) is 48.1 Å². The molecule has 24 heavy (non-hydrogen) atoms. The van der Waals surface area contributed by atoms with Crippen molar-refractivity contribution in [3.05, 3.63) is 77.2 Å². The fourth-order valence-corrected chi connectivity index (χ4v) is 2.60. The molecule has 0 atom stereocenters. The lowest BCUT2D eigenvalue weighted by Gasteiger charge is -2.08. The second-order valence-electron chi connectivity index (χ2n) is 5.12. The molecule has 122 valence electrons. The third-order valence-electron chi connectivity index (χ3n) is 3.20. The minimum absolute atomic E-state index is 0.259. The summed E-state index contributed by atoms with van der Waals surface area (Å²) < 4.78 is 14.9. The molecule has 0 bridgehead atoms. The standard InChI is InChI=1S/C17H14ClFN4S/c18-13-4-2-6-15(10-13)20-17(24)21-16-7-8-23(22-16)11-12-3-1-5-14(19)9-12/h1-10H,11H2,(H2,20,21,22,24). The molecule has 0 amide bonds. The van der Waals surface area contributed by atoms with Crippen LogP contribution in [0.1, 0.15) is 5.56 Å². The normalized spacial score (nSPS) is 10.4. The molecule has 0 fully saturated rings. The molecular weight excluding hydrogens is 347 g/mol. The van der Waals surface area contributed by atoms with Gasteiger partial charge in [-0.3, -0.25) is 4.68 Å². The Balaban J connectivity index is 1.60. The first-order valence-electron chi connectivity index (χ1n) is 7.20. The number of nitrogens with one attached hydrogen (secondary N) is 2. The van der Waals surface area contributed by atoms with E-state index in [1.54, 1.807) is 35.1 Å². The maximum Gasteiger partial charge on any atom is 0.176 e. The van der Waals surface area contributed by atoms with Gasteiger partial charge in [-0.2, -0.15) is 5.10 Å². The number of thiocarbonyl (C=S) groups is 1. The van der Waals surface area contributed by atoms with E-state index in [0.717, 1.165) is 11.3 Å². The molecule has 0 aliphatic rings. The molecule has 3 rings (SSSR count). The molecule has 1 aromatic heterocycles. The van der Waals surface area contributed by atoms with Gasteiger partial charge >= 0.3 is 0 Å². The highest BCUT2D eigenvalue weighted by molar-refractivity contribution is 7.80. The zero-order chi connectivity index (χ0) is 16.9. The Kier molecular flexibility index (Phi) is 5.08. The number of anilines is 2. The molecule has 3 aromatic rings. The van der Waals surface area contributed by atoms with E-state index >= 15 is 0 Å². The van der Waals surface area contributed by atoms with E-state index in [9.17, 15) is 4.39 Å². The lowest BCUT2D eigenvalue weighted by Crippen LogP contribution is -2.19. The van der Waals surface area contributed by atoms with Crippen LogP contribution in [0.25, 0.3) is 0 Å². The number of halogens is 2. The number of hydrogen-bond donors (Lipinski definition) is 2. The van der Waals surface area contributed by atoms with Crippen LogP contribution in [0.3, 0.4) is 0 Å². The lowest BCUT2D eigenvalue weighted by atomic mass is 10.2. The van der Waals surface area contributed by atoms with Crippen LogP contribution in [0, 0.1) is 5.82 Å². The first-order chi connectivity index (χ1) is 11.6. The van der Waals surface area contributed by atoms with Gasteiger partial charge in [-0.15, -0.1) is 0 Å². The monoisotopic (exact) mass is 360 g/mol. The van der Waals surface area contributed by atoms with Gasteiger partial charge in [-0.1, -0.05) is 29.8 Å². The molecule has 7 heteroatoms. The second-order valence-corrected chi connectivity index (χ2v) is 5.96. The highest BCUT2D eigenvalue weighted by Crippen LogP contribution is 2.15. The largest absolute Gasteiger partial charge is 0.332 e. The topological polar surface area (TPSA) is 41.9 Å². The van der Waals surface area contributed by atoms with Crippen molar-refractivity contribution in [2.75, 3.05) is 10.6 Å². The smallest absolute Gasteiger partial charge is 0.176 e. The second kappa shape index (κ2) is 7.42. The Bertz CT molecular complexity index is 865. The number of benzene rings is 2. The summed E-state index contributed by atoms with van der Waals surface area (Å²) in [5.41, 5.74) is 1.63. The van der Waals surface area contributed by atoms with Gasteiger partial charge in [0.05, 0.1) is 6.54 Å². The van der Waals surface area contributed by atoms with Crippen LogP contribution in [0.2, 0.25) is 5.02 Å². The molecule has 4 nitrogen and oxygen atoms in total. The zero-order valence-corrected chi connectivity index (χ0v) is 14.1. The van der Waals surface area contributed by atoms with Crippen molar-refractivity contribution >= 4 is 40.4 Å². The van der Waals surface area contributed by atoms with Crippen LogP contribution in [0.15, 0.2) is 60.8 Å². The predicted octanol–water partition coefficient (Wildman–Crippen LogP) is 4.53. The van der Waals surface area contributed by atoms with Crippen LogP contribution < -0.4 is 10.6 Å². The average Bonchev–Trinajstić information content (AvgIpc) is 2.94. The first kappa shape index (κ1) is 16.4. The van der Waals surface area contributed by atoms with Crippen LogP contribution in [-0.4, -0.2) is 14.9 Å². The molecule has 2 aromatic carbocycles. The van der Waals surface area contributed by atoms with Gasteiger partial charge in [0.2, 0.25) is 0 Å². The Morgan fingerprint density at radius 1 is 1.12 bits per heavy atom. The fourth-order valence-electron chi connectivity index (χ4n) is 2.18. The van der Waals surface area contributed by atoms with E-state index in [2.05, 4.69) is 15.7 Å². The minimum atomic E-state index is -0.259. The van der Waals surface area contributed by atoms with E-state index in [4.69, 9.17) is 23.8 Å². The summed E-state index contributed by atoms with van der Waals surface area (Å²) in [6.45, 7) is 0.480. The average molecular weight is 361 g/mol. The minimum Gasteiger partial charge on any atom is -0.332 e. The van der Waals surface area contributed by atoms with Crippen LogP contribution in [0.5, 0.6) is 0 Å². The Hall–Kier alpha value is -2.44. The third kappa shape index (κ3) is 4.53. The van der Waals surface area contributed by atoms with Crippen LogP contribution in [-0.2, 0) is 6.54 Å². The van der Waals surface area contributed by atoms with Crippen molar-refractivity contribution in [3.63, 3.8) is 0 Å². The SMILES string of the molecule is Fc1cccc(Cn2ccc(NC(=S)Nc3cccc(Cl)c3)n2)c1. The van der Waals surface area contributed by atoms with E-state index in [0.29, 0.717) is 22.5 Å². The Morgan fingerprint density at radius 2 is 1.96 bits per heavy atom. The number of hydrogen-bond acceptors (Lipinski definition) is 2. The number of aromatic nitrogens is 2. The van der Waals surface area contributed by atoms with E-state index in [1.807, 2.05) is 18.2 Å². The molecule has 1 heterocycles. The fraction of sp³-hybridized carbons (Fsp3) is 0.0588. The molecular formula is C17H14ClFN4S. The first-order valence-corrected chi connectivity index (χ1v) is 7.98. The van der Waals surface area contributed by atoms with Crippen molar-refractivity contribution in [2.45, 2.75) is 6.54 Å². The van der Waals surface area contributed by atoms with Crippen molar-refractivity contribution < 1.29 is 4.39 Å². The van der Waals surface area contributed by atoms with Gasteiger partial charge in [0, 0.05) is 23.0 Å². The number of rotatable bonds is 4. The van der Waals surface area contributed by atoms with Crippen molar-refractivity contribution in [1.82, 2.24) is 9.78 Å². The van der Waals surface area contributed by atoms with Crippen molar-refractivity contribution in [2.24, 2.45) is 0 Å². The summed E-state index contributed by atoms with van der Waals surface area (Å²) in [5, 5.41) is 11.4. The zero-order valence-electron chi connectivity index (χ0n) is 12.5. The molecule has 0 saturated carbocycles. The molecule has 0 spiro atoms. The predicted molar refractivity (Wildman–Crippen MR) is 99.0 cm³/mol. The van der Waals surface area contributed by atoms with Crippen molar-refractivity contribution in [1.29, 1.82) is 0 Å². The Labute approximate surface area is 149 Å². The lowest BCUT2D eigenvalue weighted by molar-refractivity contribution is 0.619. The van der Waals surface area contributed by atoms with Gasteiger partial charge < -0.3 is 10.6 Å². The van der Waals surface area contributed by atoms with Crippen LogP contribution >= 0.6 is 23.8 Å². The maximum atomic E-state index is 13.2. The van der Waals surface area contributed by atoms with Crippen molar-refractivity contribution in [3.8, 4) is 0 Å². The molecule has 0 aliphatic carbocycles. The van der Waals surface area contributed by atoms with E-state index in [1.165, 1.54) is 12.1 Å². The van der Waals surface area contributed by atoms with Gasteiger partial charge in [0.1, 0.15) is 5.82 Å². The van der Waals surface area contributed by atoms with Crippen LogP contribution in [0.4, 0.5) is 15.9 Å². The quantitative estimate of drug-likeness (QED) is 0.671. The maximum absolute atomic E-state index is 13.2. The Morgan fingerprint density at radius 3 is 2.75 bits per heavy atom. The molecule has 0 saturated heterocycles. The summed E-state index contributed by atoms with van der Waals surface area (Å²) in [6, 6.07) is 15.5. The summed E-state index contributed by atoms with van der Waals surface area (Å²) in [4.78, 5) is 0. The van der Waals surface area contributed by atoms with Gasteiger partial charge in [-0.25, -0.2) is 4.39 Å². The summed E-state index contributed by atoms with van der Waals surface area (Å²) in [7, 11) is 0. The highest BCUT2D eigenvalue weighted by Gasteiger charge is 2.04. The molecule has 0 aliphatic heterocycles. The molecule has 2 N–H and O–H groups in total. The summed E-state index contributed by atoms with van der Waals surface area (Å²) in [6.07, 6.45) is 1.80. The highest BCUT2D eigenvalue weighted by atomic mass is 35.5.